The van der Waals surface area contributed by atoms with Crippen LogP contribution in [0.2, 0.25) is 0 Å². The number of para-hydroxylation sites is 1. The van der Waals surface area contributed by atoms with Crippen molar-refractivity contribution in [3.05, 3.63) is 42.5 Å². The fourth-order valence-electron chi connectivity index (χ4n) is 4.48. The molecule has 0 fully saturated rings. The fourth-order valence-corrected chi connectivity index (χ4v) is 6.37. The quantitative estimate of drug-likeness (QED) is 0.288. The highest BCUT2D eigenvalue weighted by Crippen LogP contribution is 2.50. The van der Waals surface area contributed by atoms with Gasteiger partial charge in [0, 0.05) is 22.9 Å². The number of carboxylic acids is 1. The summed E-state index contributed by atoms with van der Waals surface area (Å²) in [5.74, 6) is 0.362. The van der Waals surface area contributed by atoms with Gasteiger partial charge in [-0.05, 0) is 55.7 Å². The number of unbranched alkanes of at least 4 members (excludes halogenated alkanes) is 2. The van der Waals surface area contributed by atoms with E-state index >= 15 is 0 Å². The molecule has 0 amide bonds. The number of ether oxygens (including phenoxy) is 1. The lowest BCUT2D eigenvalue weighted by molar-refractivity contribution is -0.159. The Kier molecular flexibility index (Phi) is 9.85. The number of nitrogens with zero attached hydrogens (tertiary/aromatic N) is 1. The van der Waals surface area contributed by atoms with Crippen LogP contribution in [0.15, 0.2) is 52.3 Å². The maximum absolute atomic E-state index is 11.4. The molecule has 2 aromatic rings. The maximum atomic E-state index is 11.4. The minimum Gasteiger partial charge on any atom is -0.489 e. The second-order valence-corrected chi connectivity index (χ2v) is 11.6. The number of rotatable bonds is 12. The molecule has 0 aromatic heterocycles. The molecule has 192 valence electrons. The zero-order valence-corrected chi connectivity index (χ0v) is 23.0. The van der Waals surface area contributed by atoms with Gasteiger partial charge in [0.1, 0.15) is 12.4 Å². The lowest BCUT2D eigenvalue weighted by atomic mass is 9.79. The van der Waals surface area contributed by atoms with Crippen molar-refractivity contribution >= 4 is 40.9 Å². The lowest BCUT2D eigenvalue weighted by Crippen LogP contribution is -2.41. The van der Waals surface area contributed by atoms with Crippen LogP contribution < -0.4 is 9.64 Å². The van der Waals surface area contributed by atoms with E-state index in [0.717, 1.165) is 27.8 Å². The van der Waals surface area contributed by atoms with Crippen LogP contribution in [0.5, 0.6) is 5.75 Å². The zero-order chi connectivity index (χ0) is 25.5. The van der Waals surface area contributed by atoms with Crippen LogP contribution in [0, 0.1) is 5.41 Å². The van der Waals surface area contributed by atoms with Crippen molar-refractivity contribution in [1.82, 2.24) is 0 Å². The summed E-state index contributed by atoms with van der Waals surface area (Å²) in [6.07, 6.45) is 9.22. The summed E-state index contributed by atoms with van der Waals surface area (Å²) in [6.45, 7) is 6.46. The number of aliphatic carboxylic acids is 1. The SMILES string of the molecule is CCCCC1(CCCC)CSc2cc(OCC(C)(O)C(=O)O)c(SC)cc2N(c2ccccc2)C1. The van der Waals surface area contributed by atoms with Crippen LogP contribution >= 0.6 is 23.5 Å². The standard InChI is InChI=1S/C28H39NO4S2/c1-5-7-14-28(15-8-6-2)18-29(21-12-10-9-11-13-21)22-16-25(34-4)23(17-24(22)35-20-28)33-19-27(3,32)26(30)31/h9-13,16-17,32H,5-8,14-15,18-20H2,1-4H3,(H,30,31). The molecule has 7 heteroatoms. The van der Waals surface area contributed by atoms with Crippen LogP contribution in [0.1, 0.15) is 59.3 Å². The number of anilines is 2. The van der Waals surface area contributed by atoms with Gasteiger partial charge in [-0.2, -0.15) is 0 Å². The molecule has 35 heavy (non-hydrogen) atoms. The van der Waals surface area contributed by atoms with E-state index in [1.54, 1.807) is 11.8 Å². The highest BCUT2D eigenvalue weighted by Gasteiger charge is 2.37. The van der Waals surface area contributed by atoms with Gasteiger partial charge in [-0.25, -0.2) is 4.79 Å². The Morgan fingerprint density at radius 3 is 2.40 bits per heavy atom. The summed E-state index contributed by atoms with van der Waals surface area (Å²) in [4.78, 5) is 15.9. The molecule has 3 rings (SSSR count). The van der Waals surface area contributed by atoms with Gasteiger partial charge in [0.15, 0.2) is 5.60 Å². The smallest absolute Gasteiger partial charge is 0.339 e. The molecule has 0 saturated carbocycles. The number of thioether (sulfide) groups is 2. The molecule has 1 unspecified atom stereocenters. The summed E-state index contributed by atoms with van der Waals surface area (Å²) >= 11 is 3.45. The number of fused-ring (bicyclic) bond motifs is 1. The number of benzene rings is 2. The summed E-state index contributed by atoms with van der Waals surface area (Å²) in [6, 6.07) is 14.8. The van der Waals surface area contributed by atoms with Crippen molar-refractivity contribution in [3.63, 3.8) is 0 Å². The highest BCUT2D eigenvalue weighted by molar-refractivity contribution is 7.99. The van der Waals surface area contributed by atoms with Crippen molar-refractivity contribution in [3.8, 4) is 5.75 Å². The minimum absolute atomic E-state index is 0.207. The molecular weight excluding hydrogens is 478 g/mol. The normalized spacial score (nSPS) is 16.8. The molecule has 0 radical (unpaired) electrons. The van der Waals surface area contributed by atoms with Crippen LogP contribution in [0.4, 0.5) is 11.4 Å². The molecule has 0 aliphatic carbocycles. The van der Waals surface area contributed by atoms with E-state index in [1.165, 1.54) is 51.1 Å². The first-order valence-electron chi connectivity index (χ1n) is 12.5. The Labute approximate surface area is 218 Å². The van der Waals surface area contributed by atoms with Gasteiger partial charge in [0.2, 0.25) is 0 Å². The second-order valence-electron chi connectivity index (χ2n) is 9.76. The van der Waals surface area contributed by atoms with Crippen LogP contribution in [0.3, 0.4) is 0 Å². The molecular formula is C28H39NO4S2. The number of hydrogen-bond acceptors (Lipinski definition) is 6. The molecule has 0 saturated heterocycles. The van der Waals surface area contributed by atoms with Gasteiger partial charge < -0.3 is 19.8 Å². The van der Waals surface area contributed by atoms with E-state index in [4.69, 9.17) is 4.74 Å². The van der Waals surface area contributed by atoms with Crippen LogP contribution in [0.25, 0.3) is 0 Å². The molecule has 1 aliphatic heterocycles. The van der Waals surface area contributed by atoms with Gasteiger partial charge in [-0.15, -0.1) is 23.5 Å². The molecule has 2 aromatic carbocycles. The van der Waals surface area contributed by atoms with E-state index < -0.39 is 11.6 Å². The Morgan fingerprint density at radius 1 is 1.17 bits per heavy atom. The van der Waals surface area contributed by atoms with E-state index in [9.17, 15) is 15.0 Å². The van der Waals surface area contributed by atoms with Crippen molar-refractivity contribution < 1.29 is 19.7 Å². The van der Waals surface area contributed by atoms with Gasteiger partial charge in [-0.1, -0.05) is 57.7 Å². The third-order valence-corrected chi connectivity index (χ3v) is 8.88. The molecule has 5 nitrogen and oxygen atoms in total. The molecule has 1 aliphatic rings. The Morgan fingerprint density at radius 2 is 1.83 bits per heavy atom. The predicted molar refractivity (Wildman–Crippen MR) is 148 cm³/mol. The zero-order valence-electron chi connectivity index (χ0n) is 21.4. The Hall–Kier alpha value is -1.83. The van der Waals surface area contributed by atoms with E-state index in [1.807, 2.05) is 24.1 Å². The van der Waals surface area contributed by atoms with E-state index in [-0.39, 0.29) is 12.0 Å². The lowest BCUT2D eigenvalue weighted by Gasteiger charge is -2.37. The third-order valence-electron chi connectivity index (χ3n) is 6.72. The van der Waals surface area contributed by atoms with Gasteiger partial charge >= 0.3 is 5.97 Å². The van der Waals surface area contributed by atoms with Gasteiger partial charge in [-0.3, -0.25) is 0 Å². The molecule has 2 N–H and O–H groups in total. The Bertz CT molecular complexity index is 972. The number of carboxylic acid groups (broad SMARTS) is 1. The highest BCUT2D eigenvalue weighted by atomic mass is 32.2. The van der Waals surface area contributed by atoms with Gasteiger partial charge in [0.25, 0.3) is 0 Å². The van der Waals surface area contributed by atoms with Crippen molar-refractivity contribution in [2.45, 2.75) is 74.7 Å². The minimum atomic E-state index is -1.94. The van der Waals surface area contributed by atoms with Crippen LogP contribution in [-0.2, 0) is 4.79 Å². The van der Waals surface area contributed by atoms with Crippen molar-refractivity contribution in [1.29, 1.82) is 0 Å². The summed E-state index contributed by atoms with van der Waals surface area (Å²) in [5.41, 5.74) is 0.612. The third kappa shape index (κ3) is 6.89. The van der Waals surface area contributed by atoms with Gasteiger partial charge in [0.05, 0.1) is 10.6 Å². The van der Waals surface area contributed by atoms with Crippen molar-refractivity contribution in [2.24, 2.45) is 5.41 Å². The summed E-state index contributed by atoms with van der Waals surface area (Å²) in [5, 5.41) is 19.5. The predicted octanol–water partition coefficient (Wildman–Crippen LogP) is 7.23. The number of hydrogen-bond donors (Lipinski definition) is 2. The van der Waals surface area contributed by atoms with Crippen LogP contribution in [-0.4, -0.2) is 46.9 Å². The largest absolute Gasteiger partial charge is 0.489 e. The molecule has 0 spiro atoms. The Balaban J connectivity index is 2.05. The second kappa shape index (κ2) is 12.4. The summed E-state index contributed by atoms with van der Waals surface area (Å²) in [7, 11) is 0. The first-order valence-corrected chi connectivity index (χ1v) is 14.7. The van der Waals surface area contributed by atoms with Crippen molar-refractivity contribution in [2.75, 3.05) is 30.1 Å². The first kappa shape index (κ1) is 27.8. The number of carbonyl (C=O) groups is 1. The topological polar surface area (TPSA) is 70.0 Å². The molecule has 1 heterocycles. The first-order chi connectivity index (χ1) is 16.7. The van der Waals surface area contributed by atoms with E-state index in [2.05, 4.69) is 55.1 Å². The molecule has 0 bridgehead atoms. The average molecular weight is 518 g/mol. The fraction of sp³-hybridized carbons (Fsp3) is 0.536. The van der Waals surface area contributed by atoms with E-state index in [0.29, 0.717) is 5.75 Å². The monoisotopic (exact) mass is 517 g/mol. The maximum Gasteiger partial charge on any atom is 0.339 e. The molecule has 1 atom stereocenters. The number of aliphatic hydroxyl groups is 1. The average Bonchev–Trinajstić information content (AvgIpc) is 3.02. The summed E-state index contributed by atoms with van der Waals surface area (Å²) < 4.78 is 5.90.